The lowest BCUT2D eigenvalue weighted by molar-refractivity contribution is -0.154. The molecule has 3 N–H and O–H groups in total. The van der Waals surface area contributed by atoms with Crippen molar-refractivity contribution in [3.8, 4) is 5.75 Å². The number of halogens is 2. The molecule has 2 aliphatic heterocycles. The van der Waals surface area contributed by atoms with Crippen LogP contribution < -0.4 is 15.4 Å². The van der Waals surface area contributed by atoms with Gasteiger partial charge in [0.15, 0.2) is 0 Å². The van der Waals surface area contributed by atoms with Crippen LogP contribution >= 0.6 is 23.2 Å². The van der Waals surface area contributed by atoms with E-state index in [1.807, 2.05) is 24.3 Å². The average Bonchev–Trinajstić information content (AvgIpc) is 3.04. The van der Waals surface area contributed by atoms with Crippen LogP contribution in [0.25, 0.3) is 0 Å². The van der Waals surface area contributed by atoms with Crippen LogP contribution in [0.3, 0.4) is 0 Å². The number of rotatable bonds is 11. The van der Waals surface area contributed by atoms with Gasteiger partial charge in [0, 0.05) is 37.0 Å². The number of nitrogens with one attached hydrogen (secondary N) is 2. The van der Waals surface area contributed by atoms with Gasteiger partial charge in [0.05, 0.1) is 22.7 Å². The zero-order chi connectivity index (χ0) is 32.1. The van der Waals surface area contributed by atoms with Gasteiger partial charge in [0.25, 0.3) is 5.91 Å². The van der Waals surface area contributed by atoms with E-state index < -0.39 is 29.9 Å². The number of carbonyl (C=O) groups excluding carboxylic acids is 3. The van der Waals surface area contributed by atoms with Crippen LogP contribution in [0.4, 0.5) is 5.69 Å². The Balaban J connectivity index is 1.23. The molecule has 6 rings (SSSR count). The maximum absolute atomic E-state index is 13.7. The fraction of sp³-hybridized carbons (Fsp3) is 0.364. The highest BCUT2D eigenvalue weighted by Gasteiger charge is 2.47. The Morgan fingerprint density at radius 3 is 2.18 bits per heavy atom. The summed E-state index contributed by atoms with van der Waals surface area (Å²) in [5, 5.41) is 15.7. The third-order valence-electron chi connectivity index (χ3n) is 8.57. The molecule has 2 bridgehead atoms. The lowest BCUT2D eigenvalue weighted by atomic mass is 9.74. The molecule has 3 fully saturated rings. The van der Waals surface area contributed by atoms with E-state index in [2.05, 4.69) is 15.6 Å². The number of anilines is 1. The van der Waals surface area contributed by atoms with E-state index in [0.29, 0.717) is 17.7 Å². The standard InChI is InChI=1S/C33H34Cl2N4O6/c1-45-24-13-4-19(5-14-24)6-15-28(40)39-23-11-7-21(8-12-23)30(39)32(42)38-27(33(43)44)16-20-2-9-22(10-3-20)37-31(41)29-25(34)17-36-18-26(29)35/h2-5,9-10,13-14,17-18,21,23,27,30H,6-8,11-12,15-16H2,1H3,(H,37,41)(H,38,42)(H,43,44). The van der Waals surface area contributed by atoms with Crippen LogP contribution in [0.5, 0.6) is 5.75 Å². The molecule has 0 spiro atoms. The number of ether oxygens (including phenoxy) is 1. The average molecular weight is 654 g/mol. The van der Waals surface area contributed by atoms with Crippen LogP contribution in [0.15, 0.2) is 60.9 Å². The number of methoxy groups -OCH3 is 1. The third kappa shape index (κ3) is 7.57. The van der Waals surface area contributed by atoms with E-state index in [0.717, 1.165) is 37.0 Å². The van der Waals surface area contributed by atoms with Gasteiger partial charge in [0.1, 0.15) is 17.8 Å². The number of nitrogens with zero attached hydrogens (tertiary/aromatic N) is 2. The molecular formula is C33H34Cl2N4O6. The molecule has 10 nitrogen and oxygen atoms in total. The number of hydrogen-bond donors (Lipinski definition) is 3. The van der Waals surface area contributed by atoms with E-state index in [1.54, 1.807) is 36.3 Å². The normalized spacial score (nSPS) is 19.4. The smallest absolute Gasteiger partial charge is 0.326 e. The number of aliphatic carboxylic acids is 1. The van der Waals surface area contributed by atoms with Gasteiger partial charge in [-0.2, -0.15) is 0 Å². The Bertz CT molecular complexity index is 1540. The van der Waals surface area contributed by atoms with Crippen molar-refractivity contribution >= 4 is 52.6 Å². The van der Waals surface area contributed by atoms with Crippen LogP contribution in [0, 0.1) is 5.92 Å². The SMILES string of the molecule is COc1ccc(CCC(=O)N2C3CCC(CC3)C2C(=O)NC(Cc2ccc(NC(=O)c3c(Cl)cncc3Cl)cc2)C(=O)O)cc1. The molecule has 2 atom stereocenters. The quantitative estimate of drug-likeness (QED) is 0.260. The van der Waals surface area contributed by atoms with Gasteiger partial charge in [-0.15, -0.1) is 0 Å². The molecule has 3 aromatic rings. The van der Waals surface area contributed by atoms with Gasteiger partial charge < -0.3 is 25.4 Å². The number of amides is 3. The Kier molecular flexibility index (Phi) is 10.2. The summed E-state index contributed by atoms with van der Waals surface area (Å²) in [6.07, 6.45) is 6.78. The number of carboxylic acids is 1. The minimum absolute atomic E-state index is 0.0142. The van der Waals surface area contributed by atoms with E-state index >= 15 is 0 Å². The predicted octanol–water partition coefficient (Wildman–Crippen LogP) is 5.16. The number of benzene rings is 2. The van der Waals surface area contributed by atoms with Crippen molar-refractivity contribution in [3.63, 3.8) is 0 Å². The first-order valence-electron chi connectivity index (χ1n) is 14.8. The predicted molar refractivity (Wildman–Crippen MR) is 170 cm³/mol. The molecule has 3 amide bonds. The number of fused-ring (bicyclic) bond motifs is 3. The second-order valence-electron chi connectivity index (χ2n) is 11.4. The molecule has 2 unspecified atom stereocenters. The summed E-state index contributed by atoms with van der Waals surface area (Å²) in [5.41, 5.74) is 2.17. The van der Waals surface area contributed by atoms with Crippen molar-refractivity contribution < 1.29 is 29.0 Å². The third-order valence-corrected chi connectivity index (χ3v) is 9.14. The first-order chi connectivity index (χ1) is 21.6. The molecule has 1 aliphatic carbocycles. The first-order valence-corrected chi connectivity index (χ1v) is 15.6. The zero-order valence-electron chi connectivity index (χ0n) is 24.7. The Labute approximate surface area is 271 Å². The second-order valence-corrected chi connectivity index (χ2v) is 12.2. The summed E-state index contributed by atoms with van der Waals surface area (Å²) in [5.74, 6) is -1.51. The van der Waals surface area contributed by atoms with Crippen molar-refractivity contribution in [1.29, 1.82) is 0 Å². The number of hydrogen-bond acceptors (Lipinski definition) is 6. The molecule has 2 aromatic carbocycles. The zero-order valence-corrected chi connectivity index (χ0v) is 26.2. The van der Waals surface area contributed by atoms with Crippen LogP contribution in [-0.4, -0.2) is 63.9 Å². The number of carboxylic acid groups (broad SMARTS) is 1. The monoisotopic (exact) mass is 652 g/mol. The van der Waals surface area contributed by atoms with Gasteiger partial charge in [-0.25, -0.2) is 4.79 Å². The van der Waals surface area contributed by atoms with Crippen LogP contribution in [0.1, 0.15) is 53.6 Å². The number of carbonyl (C=O) groups is 4. The van der Waals surface area contributed by atoms with Crippen molar-refractivity contribution in [3.05, 3.63) is 87.7 Å². The van der Waals surface area contributed by atoms with Gasteiger partial charge in [-0.3, -0.25) is 19.4 Å². The summed E-state index contributed by atoms with van der Waals surface area (Å²) in [6.45, 7) is 0. The number of pyridine rings is 1. The van der Waals surface area contributed by atoms with Crippen molar-refractivity contribution in [2.45, 2.75) is 63.1 Å². The molecule has 45 heavy (non-hydrogen) atoms. The molecule has 2 saturated heterocycles. The minimum atomic E-state index is -1.20. The first kappa shape index (κ1) is 32.2. The fourth-order valence-corrected chi connectivity index (χ4v) is 6.80. The van der Waals surface area contributed by atoms with Crippen molar-refractivity contribution in [1.82, 2.24) is 15.2 Å². The van der Waals surface area contributed by atoms with Crippen molar-refractivity contribution in [2.24, 2.45) is 5.92 Å². The molecule has 1 aromatic heterocycles. The topological polar surface area (TPSA) is 138 Å². The number of aromatic nitrogens is 1. The minimum Gasteiger partial charge on any atom is -0.497 e. The van der Waals surface area contributed by atoms with E-state index in [-0.39, 0.29) is 46.3 Å². The summed E-state index contributed by atoms with van der Waals surface area (Å²) in [4.78, 5) is 57.6. The van der Waals surface area contributed by atoms with Gasteiger partial charge in [-0.1, -0.05) is 47.5 Å². The molecule has 12 heteroatoms. The van der Waals surface area contributed by atoms with Crippen LogP contribution in [-0.2, 0) is 27.2 Å². The van der Waals surface area contributed by atoms with E-state index in [4.69, 9.17) is 27.9 Å². The van der Waals surface area contributed by atoms with Crippen molar-refractivity contribution in [2.75, 3.05) is 12.4 Å². The van der Waals surface area contributed by atoms with Gasteiger partial charge >= 0.3 is 5.97 Å². The highest BCUT2D eigenvalue weighted by molar-refractivity contribution is 6.40. The maximum atomic E-state index is 13.7. The molecular weight excluding hydrogens is 619 g/mol. The van der Waals surface area contributed by atoms with E-state index in [9.17, 15) is 24.3 Å². The summed E-state index contributed by atoms with van der Waals surface area (Å²) < 4.78 is 5.20. The van der Waals surface area contributed by atoms with Crippen LogP contribution in [0.2, 0.25) is 10.0 Å². The highest BCUT2D eigenvalue weighted by Crippen LogP contribution is 2.40. The Morgan fingerprint density at radius 2 is 1.58 bits per heavy atom. The largest absolute Gasteiger partial charge is 0.497 e. The van der Waals surface area contributed by atoms with Gasteiger partial charge in [0.2, 0.25) is 11.8 Å². The Hall–Kier alpha value is -4.15. The molecule has 1 saturated carbocycles. The summed E-state index contributed by atoms with van der Waals surface area (Å²) in [6, 6.07) is 12.2. The summed E-state index contributed by atoms with van der Waals surface area (Å²) in [7, 11) is 1.60. The lowest BCUT2D eigenvalue weighted by Gasteiger charge is -2.50. The second kappa shape index (κ2) is 14.3. The highest BCUT2D eigenvalue weighted by atomic mass is 35.5. The molecule has 3 heterocycles. The number of piperidine rings is 2. The Morgan fingerprint density at radius 1 is 0.956 bits per heavy atom. The number of aryl methyl sites for hydroxylation is 1. The molecule has 3 aliphatic rings. The van der Waals surface area contributed by atoms with Gasteiger partial charge in [-0.05, 0) is 73.4 Å². The fourth-order valence-electron chi connectivity index (χ4n) is 6.26. The lowest BCUT2D eigenvalue weighted by Crippen LogP contribution is -2.64. The maximum Gasteiger partial charge on any atom is 0.326 e. The summed E-state index contributed by atoms with van der Waals surface area (Å²) >= 11 is 12.1. The molecule has 236 valence electrons. The van der Waals surface area contributed by atoms with E-state index in [1.165, 1.54) is 12.4 Å². The molecule has 0 radical (unpaired) electrons.